The van der Waals surface area contributed by atoms with E-state index in [-0.39, 0.29) is 23.1 Å². The van der Waals surface area contributed by atoms with Gasteiger partial charge < -0.3 is 10.1 Å². The van der Waals surface area contributed by atoms with E-state index in [4.69, 9.17) is 4.74 Å². The maximum absolute atomic E-state index is 13.1. The molecule has 2 aromatic rings. The van der Waals surface area contributed by atoms with Gasteiger partial charge in [-0.15, -0.1) is 0 Å². The minimum Gasteiger partial charge on any atom is -0.460 e. The van der Waals surface area contributed by atoms with Gasteiger partial charge in [0.1, 0.15) is 5.60 Å². The van der Waals surface area contributed by atoms with E-state index in [0.29, 0.717) is 25.7 Å². The van der Waals surface area contributed by atoms with Crippen LogP contribution < -0.4 is 10.0 Å². The van der Waals surface area contributed by atoms with Crippen LogP contribution in [-0.4, -0.2) is 31.9 Å². The van der Waals surface area contributed by atoms with Crippen molar-refractivity contribution >= 4 is 21.9 Å². The van der Waals surface area contributed by atoms with E-state index in [0.717, 1.165) is 29.8 Å². The molecule has 1 aliphatic carbocycles. The lowest BCUT2D eigenvalue weighted by molar-refractivity contribution is -0.155. The van der Waals surface area contributed by atoms with Gasteiger partial charge in [0.15, 0.2) is 0 Å². The first-order valence-electron chi connectivity index (χ1n) is 12.4. The van der Waals surface area contributed by atoms with Crippen molar-refractivity contribution in [1.29, 1.82) is 0 Å². The summed E-state index contributed by atoms with van der Waals surface area (Å²) in [7, 11) is -4.01. The van der Waals surface area contributed by atoms with E-state index in [9.17, 15) is 31.2 Å². The lowest BCUT2D eigenvalue weighted by Gasteiger charge is -2.30. The molecule has 0 saturated heterocycles. The number of hydrogen-bond acceptors (Lipinski definition) is 5. The number of amides is 1. The molecule has 3 rings (SSSR count). The monoisotopic (exact) mass is 554 g/mol. The molecule has 2 N–H and O–H groups in total. The molecule has 0 unspecified atom stereocenters. The van der Waals surface area contributed by atoms with Gasteiger partial charge in [-0.3, -0.25) is 9.59 Å². The molecule has 7 nitrogen and oxygen atoms in total. The van der Waals surface area contributed by atoms with Crippen molar-refractivity contribution in [2.45, 2.75) is 81.6 Å². The van der Waals surface area contributed by atoms with Crippen LogP contribution in [0.15, 0.2) is 59.5 Å². The second-order valence-electron chi connectivity index (χ2n) is 10.5. The Hall–Kier alpha value is -2.92. The fourth-order valence-corrected chi connectivity index (χ4v) is 5.67. The van der Waals surface area contributed by atoms with Crippen molar-refractivity contribution in [1.82, 2.24) is 10.0 Å². The Bertz CT molecular complexity index is 1200. The summed E-state index contributed by atoms with van der Waals surface area (Å²) in [5.41, 5.74) is -0.817. The number of sulfonamides is 1. The molecule has 208 valence electrons. The number of carbonyl (C=O) groups is 2. The summed E-state index contributed by atoms with van der Waals surface area (Å²) in [6, 6.07) is 11.4. The number of esters is 1. The van der Waals surface area contributed by atoms with Crippen LogP contribution in [0.4, 0.5) is 13.2 Å². The maximum atomic E-state index is 13.1. The molecule has 11 heteroatoms. The molecular weight excluding hydrogens is 521 g/mol. The van der Waals surface area contributed by atoms with Gasteiger partial charge in [-0.1, -0.05) is 30.3 Å². The highest BCUT2D eigenvalue weighted by Crippen LogP contribution is 2.31. The third-order valence-corrected chi connectivity index (χ3v) is 7.76. The Kier molecular flexibility index (Phi) is 9.25. The van der Waals surface area contributed by atoms with Crippen LogP contribution in [0.3, 0.4) is 0 Å². The SMILES string of the molecule is CC(C)(C)OC(=O)C[C@@H](NC(=O)[C@H]1CC[C@H](NS(=O)(=O)c2ccc(C(F)(F)F)cc2)CC1)c1ccccc1. The molecule has 2 aromatic carbocycles. The molecule has 1 amide bonds. The van der Waals surface area contributed by atoms with Crippen molar-refractivity contribution in [3.05, 3.63) is 65.7 Å². The number of nitrogens with one attached hydrogen (secondary N) is 2. The van der Waals surface area contributed by atoms with Crippen molar-refractivity contribution in [2.75, 3.05) is 0 Å². The number of rotatable bonds is 8. The Balaban J connectivity index is 1.58. The smallest absolute Gasteiger partial charge is 0.416 e. The van der Waals surface area contributed by atoms with Crippen LogP contribution >= 0.6 is 0 Å². The van der Waals surface area contributed by atoms with E-state index < -0.39 is 45.4 Å². The van der Waals surface area contributed by atoms with Gasteiger partial charge >= 0.3 is 12.1 Å². The van der Waals surface area contributed by atoms with Crippen LogP contribution in [0.1, 0.15) is 70.0 Å². The highest BCUT2D eigenvalue weighted by Gasteiger charge is 2.33. The Labute approximate surface area is 221 Å². The van der Waals surface area contributed by atoms with Gasteiger partial charge in [0, 0.05) is 12.0 Å². The predicted molar refractivity (Wildman–Crippen MR) is 135 cm³/mol. The fraction of sp³-hybridized carbons (Fsp3) is 0.481. The second kappa shape index (κ2) is 11.9. The van der Waals surface area contributed by atoms with Gasteiger partial charge in [0.2, 0.25) is 15.9 Å². The zero-order valence-corrected chi connectivity index (χ0v) is 22.4. The van der Waals surface area contributed by atoms with Gasteiger partial charge in [-0.2, -0.15) is 13.2 Å². The van der Waals surface area contributed by atoms with E-state index in [2.05, 4.69) is 10.0 Å². The zero-order valence-electron chi connectivity index (χ0n) is 21.5. The summed E-state index contributed by atoms with van der Waals surface area (Å²) in [5, 5.41) is 2.96. The first-order valence-corrected chi connectivity index (χ1v) is 13.9. The first-order chi connectivity index (χ1) is 17.6. The average Bonchev–Trinajstić information content (AvgIpc) is 2.83. The van der Waals surface area contributed by atoms with Crippen molar-refractivity contribution in [3.63, 3.8) is 0 Å². The number of alkyl halides is 3. The van der Waals surface area contributed by atoms with Gasteiger partial charge in [0.25, 0.3) is 0 Å². The molecule has 0 bridgehead atoms. The Morgan fingerprint density at radius 2 is 1.53 bits per heavy atom. The van der Waals surface area contributed by atoms with Gasteiger partial charge in [-0.05, 0) is 76.3 Å². The van der Waals surface area contributed by atoms with E-state index >= 15 is 0 Å². The number of carbonyl (C=O) groups excluding carboxylic acids is 2. The standard InChI is InChI=1S/C27H33F3N2O5S/c1-26(2,3)37-24(33)17-23(18-7-5-4-6-8-18)31-25(34)19-9-13-21(14-10-19)32-38(35,36)22-15-11-20(12-16-22)27(28,29)30/h4-8,11-12,15-16,19,21,23,32H,9-10,13-14,17H2,1-3H3,(H,31,34)/t19-,21-,23-/m1/s1. The van der Waals surface area contributed by atoms with E-state index in [1.54, 1.807) is 20.8 Å². The Morgan fingerprint density at radius 3 is 2.05 bits per heavy atom. The molecule has 1 aliphatic rings. The lowest BCUT2D eigenvalue weighted by atomic mass is 9.85. The molecule has 38 heavy (non-hydrogen) atoms. The lowest BCUT2D eigenvalue weighted by Crippen LogP contribution is -2.42. The first kappa shape index (κ1) is 29.6. The molecular formula is C27H33F3N2O5S. The number of hydrogen-bond donors (Lipinski definition) is 2. The summed E-state index contributed by atoms with van der Waals surface area (Å²) < 4.78 is 71.6. The molecule has 1 atom stereocenters. The van der Waals surface area contributed by atoms with Crippen molar-refractivity contribution in [3.8, 4) is 0 Å². The summed E-state index contributed by atoms with van der Waals surface area (Å²) >= 11 is 0. The second-order valence-corrected chi connectivity index (χ2v) is 12.2. The third-order valence-electron chi connectivity index (χ3n) is 6.22. The summed E-state index contributed by atoms with van der Waals surface area (Å²) in [4.78, 5) is 25.3. The number of benzene rings is 2. The molecule has 0 heterocycles. The maximum Gasteiger partial charge on any atom is 0.416 e. The minimum absolute atomic E-state index is 0.0324. The normalized spacial score (nSPS) is 19.4. The van der Waals surface area contributed by atoms with Crippen LogP contribution in [-0.2, 0) is 30.5 Å². The zero-order chi connectivity index (χ0) is 28.1. The number of ether oxygens (including phenoxy) is 1. The molecule has 0 aromatic heterocycles. The fourth-order valence-electron chi connectivity index (χ4n) is 4.36. The topological polar surface area (TPSA) is 102 Å². The van der Waals surface area contributed by atoms with Crippen molar-refractivity contribution in [2.24, 2.45) is 5.92 Å². The highest BCUT2D eigenvalue weighted by molar-refractivity contribution is 7.89. The van der Waals surface area contributed by atoms with Gasteiger partial charge in [0.05, 0.1) is 22.9 Å². The number of halogens is 3. The quantitative estimate of drug-likeness (QED) is 0.441. The predicted octanol–water partition coefficient (Wildman–Crippen LogP) is 5.13. The molecule has 0 spiro atoms. The summed E-state index contributed by atoms with van der Waals surface area (Å²) in [5.74, 6) is -1.04. The molecule has 1 saturated carbocycles. The summed E-state index contributed by atoms with van der Waals surface area (Å²) in [6.07, 6.45) is -2.98. The highest BCUT2D eigenvalue weighted by atomic mass is 32.2. The molecule has 0 aliphatic heterocycles. The minimum atomic E-state index is -4.55. The molecule has 1 fully saturated rings. The largest absolute Gasteiger partial charge is 0.460 e. The van der Waals surface area contributed by atoms with Crippen molar-refractivity contribution < 1.29 is 35.9 Å². The average molecular weight is 555 g/mol. The summed E-state index contributed by atoms with van der Waals surface area (Å²) in [6.45, 7) is 5.31. The van der Waals surface area contributed by atoms with Gasteiger partial charge in [-0.25, -0.2) is 13.1 Å². The van der Waals surface area contributed by atoms with Crippen LogP contribution in [0.5, 0.6) is 0 Å². The van der Waals surface area contributed by atoms with Crippen LogP contribution in [0, 0.1) is 5.92 Å². The van der Waals surface area contributed by atoms with E-state index in [1.165, 1.54) is 0 Å². The van der Waals surface area contributed by atoms with E-state index in [1.807, 2.05) is 30.3 Å². The van der Waals surface area contributed by atoms with Crippen LogP contribution in [0.25, 0.3) is 0 Å². The van der Waals surface area contributed by atoms with Crippen LogP contribution in [0.2, 0.25) is 0 Å². The Morgan fingerprint density at radius 1 is 0.947 bits per heavy atom. The molecule has 0 radical (unpaired) electrons. The third kappa shape index (κ3) is 8.56.